The zero-order valence-electron chi connectivity index (χ0n) is 15.2. The number of nitrogens with one attached hydrogen (secondary N) is 2. The molecule has 1 saturated heterocycles. The molecule has 2 N–H and O–H groups in total. The number of pyridine rings is 1. The van der Waals surface area contributed by atoms with E-state index in [1.54, 1.807) is 6.20 Å². The number of carbonyl (C=O) groups is 2. The van der Waals surface area contributed by atoms with E-state index in [2.05, 4.69) is 20.4 Å². The van der Waals surface area contributed by atoms with Crippen LogP contribution < -0.4 is 15.4 Å². The molecule has 2 aromatic rings. The van der Waals surface area contributed by atoms with Gasteiger partial charge in [0.2, 0.25) is 0 Å². The highest BCUT2D eigenvalue weighted by Gasteiger charge is 2.22. The summed E-state index contributed by atoms with van der Waals surface area (Å²) in [5.74, 6) is -0.238. The first kappa shape index (κ1) is 18.8. The number of ether oxygens (including phenoxy) is 2. The average molecular weight is 369 g/mol. The number of hydrogen-bond donors (Lipinski definition) is 2. The lowest BCUT2D eigenvalue weighted by Gasteiger charge is -2.15. The van der Waals surface area contributed by atoms with Gasteiger partial charge in [-0.05, 0) is 36.1 Å². The van der Waals surface area contributed by atoms with E-state index < -0.39 is 11.9 Å². The predicted octanol–water partition coefficient (Wildman–Crippen LogP) is 1.64. The summed E-state index contributed by atoms with van der Waals surface area (Å²) in [7, 11) is 1.27. The second kappa shape index (κ2) is 9.14. The quantitative estimate of drug-likeness (QED) is 0.721. The fraction of sp³-hybridized carbons (Fsp3) is 0.350. The lowest BCUT2D eigenvalue weighted by atomic mass is 9.99. The first-order chi connectivity index (χ1) is 13.2. The molecule has 0 radical (unpaired) electrons. The number of carbonyl (C=O) groups excluding carboxylic acids is 2. The zero-order chi connectivity index (χ0) is 19.1. The minimum Gasteiger partial charge on any atom is -0.486 e. The fourth-order valence-electron chi connectivity index (χ4n) is 2.95. The van der Waals surface area contributed by atoms with E-state index in [0.29, 0.717) is 18.3 Å². The monoisotopic (exact) mass is 369 g/mol. The summed E-state index contributed by atoms with van der Waals surface area (Å²) in [6.45, 7) is 1.95. The number of rotatable bonds is 7. The normalized spacial score (nSPS) is 16.0. The Hall–Kier alpha value is -2.93. The smallest absolute Gasteiger partial charge is 0.325 e. The third kappa shape index (κ3) is 5.04. The topological polar surface area (TPSA) is 89.5 Å². The molecule has 0 saturated carbocycles. The highest BCUT2D eigenvalue weighted by molar-refractivity contribution is 5.96. The second-order valence-corrected chi connectivity index (χ2v) is 6.34. The molecule has 1 aromatic carbocycles. The van der Waals surface area contributed by atoms with Gasteiger partial charge in [0.1, 0.15) is 13.2 Å². The van der Waals surface area contributed by atoms with Gasteiger partial charge in [0.05, 0.1) is 7.11 Å². The minimum absolute atomic E-state index is 0.157. The predicted molar refractivity (Wildman–Crippen MR) is 99.6 cm³/mol. The third-order valence-corrected chi connectivity index (χ3v) is 4.48. The molecule has 0 bridgehead atoms. The molecule has 1 unspecified atom stereocenters. The Labute approximate surface area is 158 Å². The SMILES string of the molecule is COC(=O)CNC(=O)c1ncc(C2CCNC2)cc1OCc1ccccc1. The van der Waals surface area contributed by atoms with Gasteiger partial charge in [-0.1, -0.05) is 30.3 Å². The Bertz CT molecular complexity index is 789. The van der Waals surface area contributed by atoms with Crippen molar-refractivity contribution in [2.24, 2.45) is 0 Å². The summed E-state index contributed by atoms with van der Waals surface area (Å²) in [4.78, 5) is 28.1. The van der Waals surface area contributed by atoms with E-state index in [1.807, 2.05) is 36.4 Å². The standard InChI is InChI=1S/C20H23N3O4/c1-26-18(24)12-23-20(25)19-17(27-13-14-5-3-2-4-6-14)9-16(11-22-19)15-7-8-21-10-15/h2-6,9,11,15,21H,7-8,10,12-13H2,1H3,(H,23,25). The van der Waals surface area contributed by atoms with Crippen LogP contribution in [0.3, 0.4) is 0 Å². The molecule has 7 nitrogen and oxygen atoms in total. The minimum atomic E-state index is -0.524. The van der Waals surface area contributed by atoms with E-state index in [1.165, 1.54) is 7.11 Å². The van der Waals surface area contributed by atoms with Crippen LogP contribution in [-0.2, 0) is 16.1 Å². The Morgan fingerprint density at radius 3 is 2.81 bits per heavy atom. The zero-order valence-corrected chi connectivity index (χ0v) is 15.2. The van der Waals surface area contributed by atoms with E-state index in [4.69, 9.17) is 4.74 Å². The molecular formula is C20H23N3O4. The molecule has 3 rings (SSSR count). The number of hydrogen-bond acceptors (Lipinski definition) is 6. The molecular weight excluding hydrogens is 346 g/mol. The fourth-order valence-corrected chi connectivity index (χ4v) is 2.95. The van der Waals surface area contributed by atoms with E-state index in [9.17, 15) is 9.59 Å². The van der Waals surface area contributed by atoms with Gasteiger partial charge in [-0.25, -0.2) is 4.98 Å². The number of methoxy groups -OCH3 is 1. The van der Waals surface area contributed by atoms with Gasteiger partial charge < -0.3 is 20.1 Å². The van der Waals surface area contributed by atoms with Crippen molar-refractivity contribution in [1.82, 2.24) is 15.6 Å². The van der Waals surface area contributed by atoms with Crippen LogP contribution in [0.4, 0.5) is 0 Å². The number of nitrogens with zero attached hydrogens (tertiary/aromatic N) is 1. The summed E-state index contributed by atoms with van der Waals surface area (Å²) in [5, 5.41) is 5.83. The molecule has 0 spiro atoms. The lowest BCUT2D eigenvalue weighted by Crippen LogP contribution is -2.31. The van der Waals surface area contributed by atoms with Crippen molar-refractivity contribution in [1.29, 1.82) is 0 Å². The highest BCUT2D eigenvalue weighted by atomic mass is 16.5. The van der Waals surface area contributed by atoms with E-state index in [0.717, 1.165) is 30.6 Å². The third-order valence-electron chi connectivity index (χ3n) is 4.48. The van der Waals surface area contributed by atoms with Crippen LogP contribution in [-0.4, -0.2) is 43.6 Å². The van der Waals surface area contributed by atoms with Crippen molar-refractivity contribution in [3.8, 4) is 5.75 Å². The van der Waals surface area contributed by atoms with Gasteiger partial charge >= 0.3 is 5.97 Å². The summed E-state index contributed by atoms with van der Waals surface area (Å²) in [5.41, 5.74) is 2.18. The molecule has 1 amide bonds. The summed E-state index contributed by atoms with van der Waals surface area (Å²) in [6.07, 6.45) is 2.73. The van der Waals surface area contributed by atoms with Crippen LogP contribution in [0.15, 0.2) is 42.6 Å². The van der Waals surface area contributed by atoms with Gasteiger partial charge in [-0.2, -0.15) is 0 Å². The van der Waals surface area contributed by atoms with Crippen LogP contribution in [0.5, 0.6) is 5.75 Å². The maximum Gasteiger partial charge on any atom is 0.325 e. The molecule has 1 fully saturated rings. The molecule has 142 valence electrons. The maximum atomic E-state index is 12.5. The van der Waals surface area contributed by atoms with Gasteiger partial charge in [0, 0.05) is 12.7 Å². The first-order valence-electron chi connectivity index (χ1n) is 8.89. The van der Waals surface area contributed by atoms with Crippen molar-refractivity contribution < 1.29 is 19.1 Å². The average Bonchev–Trinajstić information content (AvgIpc) is 3.25. The van der Waals surface area contributed by atoms with Crippen LogP contribution in [0.1, 0.15) is 34.0 Å². The Morgan fingerprint density at radius 2 is 2.11 bits per heavy atom. The maximum absolute atomic E-state index is 12.5. The number of amides is 1. The Kier molecular flexibility index (Phi) is 6.38. The molecule has 27 heavy (non-hydrogen) atoms. The van der Waals surface area contributed by atoms with E-state index in [-0.39, 0.29) is 12.2 Å². The van der Waals surface area contributed by atoms with Crippen LogP contribution in [0, 0.1) is 0 Å². The first-order valence-corrected chi connectivity index (χ1v) is 8.89. The van der Waals surface area contributed by atoms with Crippen molar-refractivity contribution in [2.75, 3.05) is 26.7 Å². The van der Waals surface area contributed by atoms with Crippen LogP contribution >= 0.6 is 0 Å². The second-order valence-electron chi connectivity index (χ2n) is 6.34. The number of esters is 1. The summed E-state index contributed by atoms with van der Waals surface area (Å²) in [6, 6.07) is 11.6. The highest BCUT2D eigenvalue weighted by Crippen LogP contribution is 2.27. The van der Waals surface area contributed by atoms with Crippen LogP contribution in [0.25, 0.3) is 0 Å². The molecule has 1 aliphatic heterocycles. The summed E-state index contributed by atoms with van der Waals surface area (Å²) < 4.78 is 10.5. The molecule has 1 aromatic heterocycles. The van der Waals surface area contributed by atoms with Gasteiger partial charge in [-0.3, -0.25) is 9.59 Å². The van der Waals surface area contributed by atoms with Gasteiger partial charge in [-0.15, -0.1) is 0 Å². The van der Waals surface area contributed by atoms with E-state index >= 15 is 0 Å². The number of benzene rings is 1. The molecule has 1 atom stereocenters. The van der Waals surface area contributed by atoms with Crippen molar-refractivity contribution in [2.45, 2.75) is 18.9 Å². The Balaban J connectivity index is 1.79. The van der Waals surface area contributed by atoms with Gasteiger partial charge in [0.25, 0.3) is 5.91 Å². The van der Waals surface area contributed by atoms with Gasteiger partial charge in [0.15, 0.2) is 11.4 Å². The molecule has 0 aliphatic carbocycles. The number of aromatic nitrogens is 1. The van der Waals surface area contributed by atoms with Crippen molar-refractivity contribution in [3.05, 3.63) is 59.4 Å². The largest absolute Gasteiger partial charge is 0.486 e. The molecule has 7 heteroatoms. The van der Waals surface area contributed by atoms with Crippen LogP contribution in [0.2, 0.25) is 0 Å². The van der Waals surface area contributed by atoms with Crippen molar-refractivity contribution >= 4 is 11.9 Å². The summed E-state index contributed by atoms with van der Waals surface area (Å²) >= 11 is 0. The lowest BCUT2D eigenvalue weighted by molar-refractivity contribution is -0.139. The Morgan fingerprint density at radius 1 is 1.30 bits per heavy atom. The molecule has 1 aliphatic rings. The van der Waals surface area contributed by atoms with Crippen molar-refractivity contribution in [3.63, 3.8) is 0 Å². The molecule has 2 heterocycles.